The van der Waals surface area contributed by atoms with Crippen molar-refractivity contribution >= 4 is 11.6 Å². The Kier molecular flexibility index (Phi) is 3.82. The highest BCUT2D eigenvalue weighted by Gasteiger charge is 2.22. The van der Waals surface area contributed by atoms with E-state index in [1.165, 1.54) is 0 Å². The van der Waals surface area contributed by atoms with Gasteiger partial charge in [-0.3, -0.25) is 4.68 Å². The SMILES string of the molecule is CCC(N)C(c1ccccc1Cl)n1cccn1. The van der Waals surface area contributed by atoms with Crippen LogP contribution in [-0.2, 0) is 0 Å². The van der Waals surface area contributed by atoms with E-state index in [0.29, 0.717) is 0 Å². The number of benzene rings is 1. The number of hydrogen-bond donors (Lipinski definition) is 1. The Bertz CT molecular complexity index is 467. The molecule has 2 atom stereocenters. The first-order valence-corrected chi connectivity index (χ1v) is 6.11. The molecule has 2 rings (SSSR count). The van der Waals surface area contributed by atoms with E-state index >= 15 is 0 Å². The summed E-state index contributed by atoms with van der Waals surface area (Å²) in [5, 5.41) is 5.01. The highest BCUT2D eigenvalue weighted by atomic mass is 35.5. The molecule has 17 heavy (non-hydrogen) atoms. The second-order valence-electron chi connectivity index (χ2n) is 4.02. The predicted molar refractivity (Wildman–Crippen MR) is 70.1 cm³/mol. The molecule has 1 aromatic heterocycles. The van der Waals surface area contributed by atoms with Crippen molar-refractivity contribution in [3.8, 4) is 0 Å². The monoisotopic (exact) mass is 249 g/mol. The smallest absolute Gasteiger partial charge is 0.0933 e. The van der Waals surface area contributed by atoms with Gasteiger partial charge in [0, 0.05) is 23.5 Å². The molecule has 0 fully saturated rings. The molecule has 0 aliphatic heterocycles. The molecular weight excluding hydrogens is 234 g/mol. The second kappa shape index (κ2) is 5.34. The van der Waals surface area contributed by atoms with Gasteiger partial charge in [0.25, 0.3) is 0 Å². The van der Waals surface area contributed by atoms with Gasteiger partial charge in [0.2, 0.25) is 0 Å². The summed E-state index contributed by atoms with van der Waals surface area (Å²) >= 11 is 6.24. The van der Waals surface area contributed by atoms with Gasteiger partial charge in [-0.15, -0.1) is 0 Å². The molecule has 0 amide bonds. The van der Waals surface area contributed by atoms with Gasteiger partial charge in [-0.05, 0) is 24.1 Å². The van der Waals surface area contributed by atoms with Gasteiger partial charge in [-0.1, -0.05) is 36.7 Å². The van der Waals surface area contributed by atoms with E-state index in [4.69, 9.17) is 17.3 Å². The third-order valence-corrected chi connectivity index (χ3v) is 3.25. The molecule has 0 bridgehead atoms. The summed E-state index contributed by atoms with van der Waals surface area (Å²) in [5.74, 6) is 0. The van der Waals surface area contributed by atoms with Crippen molar-refractivity contribution in [1.82, 2.24) is 9.78 Å². The van der Waals surface area contributed by atoms with Crippen molar-refractivity contribution in [1.29, 1.82) is 0 Å². The van der Waals surface area contributed by atoms with E-state index in [-0.39, 0.29) is 12.1 Å². The lowest BCUT2D eigenvalue weighted by Crippen LogP contribution is -2.33. The molecule has 2 N–H and O–H groups in total. The Morgan fingerprint density at radius 3 is 2.71 bits per heavy atom. The molecule has 3 nitrogen and oxygen atoms in total. The van der Waals surface area contributed by atoms with Gasteiger partial charge in [0.1, 0.15) is 0 Å². The third kappa shape index (κ3) is 2.51. The van der Waals surface area contributed by atoms with Crippen LogP contribution in [0.5, 0.6) is 0 Å². The molecule has 2 aromatic rings. The van der Waals surface area contributed by atoms with Crippen LogP contribution in [0.1, 0.15) is 24.9 Å². The Morgan fingerprint density at radius 1 is 1.35 bits per heavy atom. The summed E-state index contributed by atoms with van der Waals surface area (Å²) in [5.41, 5.74) is 7.21. The minimum Gasteiger partial charge on any atom is -0.326 e. The zero-order valence-corrected chi connectivity index (χ0v) is 10.5. The third-order valence-electron chi connectivity index (χ3n) is 2.91. The zero-order valence-electron chi connectivity index (χ0n) is 9.75. The molecule has 0 radical (unpaired) electrons. The largest absolute Gasteiger partial charge is 0.326 e. The van der Waals surface area contributed by atoms with Crippen molar-refractivity contribution < 1.29 is 0 Å². The van der Waals surface area contributed by atoms with E-state index in [0.717, 1.165) is 17.0 Å². The first-order valence-electron chi connectivity index (χ1n) is 5.73. The Labute approximate surface area is 106 Å². The fraction of sp³-hybridized carbons (Fsp3) is 0.308. The van der Waals surface area contributed by atoms with Crippen molar-refractivity contribution in [2.24, 2.45) is 5.73 Å². The van der Waals surface area contributed by atoms with Crippen LogP contribution in [0, 0.1) is 0 Å². The van der Waals surface area contributed by atoms with Crippen LogP contribution >= 0.6 is 11.6 Å². The summed E-state index contributed by atoms with van der Waals surface area (Å²) in [6.45, 7) is 2.07. The summed E-state index contributed by atoms with van der Waals surface area (Å²) in [7, 11) is 0. The van der Waals surface area contributed by atoms with Crippen molar-refractivity contribution in [2.75, 3.05) is 0 Å². The van der Waals surface area contributed by atoms with Crippen molar-refractivity contribution in [3.05, 3.63) is 53.3 Å². The summed E-state index contributed by atoms with van der Waals surface area (Å²) in [6, 6.07) is 9.66. The molecule has 4 heteroatoms. The number of nitrogens with two attached hydrogens (primary N) is 1. The van der Waals surface area contributed by atoms with Gasteiger partial charge in [-0.25, -0.2) is 0 Å². The minimum atomic E-state index is -0.0105. The fourth-order valence-corrected chi connectivity index (χ4v) is 2.20. The fourth-order valence-electron chi connectivity index (χ4n) is 1.95. The maximum absolute atomic E-state index is 6.24. The highest BCUT2D eigenvalue weighted by molar-refractivity contribution is 6.31. The average molecular weight is 250 g/mol. The predicted octanol–water partition coefficient (Wildman–Crippen LogP) is 2.86. The molecule has 1 aromatic carbocycles. The first kappa shape index (κ1) is 12.1. The van der Waals surface area contributed by atoms with E-state index in [9.17, 15) is 0 Å². The molecular formula is C13H16ClN3. The van der Waals surface area contributed by atoms with Crippen LogP contribution in [0.4, 0.5) is 0 Å². The van der Waals surface area contributed by atoms with Gasteiger partial charge in [0.15, 0.2) is 0 Å². The quantitative estimate of drug-likeness (QED) is 0.906. The lowest BCUT2D eigenvalue weighted by molar-refractivity contribution is 0.424. The molecule has 2 unspecified atom stereocenters. The van der Waals surface area contributed by atoms with Crippen LogP contribution in [0.2, 0.25) is 5.02 Å². The maximum atomic E-state index is 6.24. The van der Waals surface area contributed by atoms with Crippen LogP contribution in [0.3, 0.4) is 0 Å². The molecule has 0 aliphatic carbocycles. The molecule has 90 valence electrons. The van der Waals surface area contributed by atoms with Crippen LogP contribution in [0.25, 0.3) is 0 Å². The number of nitrogens with zero attached hydrogens (tertiary/aromatic N) is 2. The molecule has 0 aliphatic rings. The van der Waals surface area contributed by atoms with E-state index in [1.54, 1.807) is 6.20 Å². The Hall–Kier alpha value is -1.32. The topological polar surface area (TPSA) is 43.8 Å². The molecule has 0 saturated carbocycles. The molecule has 0 saturated heterocycles. The first-order chi connectivity index (χ1) is 8.24. The zero-order chi connectivity index (χ0) is 12.3. The van der Waals surface area contributed by atoms with E-state index < -0.39 is 0 Å². The normalized spacial score (nSPS) is 14.5. The van der Waals surface area contributed by atoms with Crippen LogP contribution in [0.15, 0.2) is 42.7 Å². The van der Waals surface area contributed by atoms with Crippen molar-refractivity contribution in [2.45, 2.75) is 25.4 Å². The minimum absolute atomic E-state index is 0.00481. The lowest BCUT2D eigenvalue weighted by atomic mass is 9.98. The van der Waals surface area contributed by atoms with Crippen LogP contribution in [-0.4, -0.2) is 15.8 Å². The standard InChI is InChI=1S/C13H16ClN3/c1-2-12(15)13(17-9-5-8-16-17)10-6-3-4-7-11(10)14/h3-9,12-13H,2,15H2,1H3. The Morgan fingerprint density at radius 2 is 2.12 bits per heavy atom. The molecule has 0 spiro atoms. The summed E-state index contributed by atoms with van der Waals surface area (Å²) < 4.78 is 1.87. The van der Waals surface area contributed by atoms with Gasteiger partial charge >= 0.3 is 0 Å². The molecule has 1 heterocycles. The number of rotatable bonds is 4. The van der Waals surface area contributed by atoms with Gasteiger partial charge in [-0.2, -0.15) is 5.10 Å². The summed E-state index contributed by atoms with van der Waals surface area (Å²) in [4.78, 5) is 0. The lowest BCUT2D eigenvalue weighted by Gasteiger charge is -2.24. The van der Waals surface area contributed by atoms with Gasteiger partial charge in [0.05, 0.1) is 6.04 Å². The number of halogens is 1. The van der Waals surface area contributed by atoms with Crippen LogP contribution < -0.4 is 5.73 Å². The Balaban J connectivity index is 2.44. The van der Waals surface area contributed by atoms with E-state index in [1.807, 2.05) is 41.2 Å². The second-order valence-corrected chi connectivity index (χ2v) is 4.43. The maximum Gasteiger partial charge on any atom is 0.0933 e. The van der Waals surface area contributed by atoms with Crippen molar-refractivity contribution in [3.63, 3.8) is 0 Å². The number of aromatic nitrogens is 2. The van der Waals surface area contributed by atoms with E-state index in [2.05, 4.69) is 12.0 Å². The average Bonchev–Trinajstić information content (AvgIpc) is 2.85. The van der Waals surface area contributed by atoms with Gasteiger partial charge < -0.3 is 5.73 Å². The highest BCUT2D eigenvalue weighted by Crippen LogP contribution is 2.28. The number of hydrogen-bond acceptors (Lipinski definition) is 2. The summed E-state index contributed by atoms with van der Waals surface area (Å²) in [6.07, 6.45) is 4.55.